The zero-order valence-corrected chi connectivity index (χ0v) is 8.57. The molecule has 0 saturated carbocycles. The average molecular weight is 190 g/mol. The molecule has 0 saturated heterocycles. The Morgan fingerprint density at radius 1 is 1.46 bits per heavy atom. The Hall–Kier alpha value is -0.610. The van der Waals surface area contributed by atoms with Gasteiger partial charge in [-0.15, -0.1) is 0 Å². The van der Waals surface area contributed by atoms with Crippen molar-refractivity contribution < 1.29 is 19.7 Å². The monoisotopic (exact) mass is 190 g/mol. The molecule has 0 fully saturated rings. The molecule has 0 aromatic heterocycles. The quantitative estimate of drug-likeness (QED) is 0.626. The summed E-state index contributed by atoms with van der Waals surface area (Å²) in [4.78, 5) is 11.2. The van der Waals surface area contributed by atoms with Crippen molar-refractivity contribution in [2.24, 2.45) is 5.41 Å². The molecule has 0 rings (SSSR count). The lowest BCUT2D eigenvalue weighted by molar-refractivity contribution is -0.165. The van der Waals surface area contributed by atoms with E-state index in [4.69, 9.17) is 9.84 Å². The summed E-state index contributed by atoms with van der Waals surface area (Å²) in [5.41, 5.74) is -0.855. The van der Waals surface area contributed by atoms with Crippen molar-refractivity contribution in [3.8, 4) is 0 Å². The molecule has 0 bridgehead atoms. The summed E-state index contributed by atoms with van der Waals surface area (Å²) in [6.07, 6.45) is -1.53. The lowest BCUT2D eigenvalue weighted by Crippen LogP contribution is -2.41. The lowest BCUT2D eigenvalue weighted by Gasteiger charge is -2.26. The Labute approximate surface area is 78.5 Å². The predicted molar refractivity (Wildman–Crippen MR) is 48.1 cm³/mol. The fraction of sp³-hybridized carbons (Fsp3) is 0.889. The maximum Gasteiger partial charge on any atom is 0.335 e. The Kier molecular flexibility index (Phi) is 4.36. The van der Waals surface area contributed by atoms with E-state index in [0.717, 1.165) is 0 Å². The van der Waals surface area contributed by atoms with E-state index in [0.29, 0.717) is 0 Å². The fourth-order valence-electron chi connectivity index (χ4n) is 0.702. The lowest BCUT2D eigenvalue weighted by atomic mass is 9.87. The van der Waals surface area contributed by atoms with Crippen LogP contribution in [0.3, 0.4) is 0 Å². The van der Waals surface area contributed by atoms with Gasteiger partial charge in [-0.1, -0.05) is 13.8 Å². The highest BCUT2D eigenvalue weighted by Gasteiger charge is 2.34. The molecule has 0 amide bonds. The van der Waals surface area contributed by atoms with Gasteiger partial charge in [-0.3, -0.25) is 0 Å². The van der Waals surface area contributed by atoms with E-state index in [-0.39, 0.29) is 12.7 Å². The van der Waals surface area contributed by atoms with Crippen LogP contribution < -0.4 is 0 Å². The molecule has 13 heavy (non-hydrogen) atoms. The van der Waals surface area contributed by atoms with E-state index in [1.807, 2.05) is 0 Å². The SMILES string of the molecule is CC(C)OC(=O)[C@H](O)C(C)(C)CO. The van der Waals surface area contributed by atoms with Crippen molar-refractivity contribution in [1.82, 2.24) is 0 Å². The maximum absolute atomic E-state index is 11.2. The van der Waals surface area contributed by atoms with Gasteiger partial charge in [0, 0.05) is 5.41 Å². The molecule has 0 aliphatic rings. The molecule has 0 aliphatic heterocycles. The third-order valence-electron chi connectivity index (χ3n) is 1.72. The number of hydrogen-bond donors (Lipinski definition) is 2. The molecule has 1 atom stereocenters. The zero-order valence-electron chi connectivity index (χ0n) is 8.57. The Balaban J connectivity index is 4.25. The minimum absolute atomic E-state index is 0.253. The van der Waals surface area contributed by atoms with Crippen molar-refractivity contribution in [2.75, 3.05) is 6.61 Å². The largest absolute Gasteiger partial charge is 0.461 e. The van der Waals surface area contributed by atoms with Crippen LogP contribution in [0, 0.1) is 5.41 Å². The van der Waals surface area contributed by atoms with Crippen LogP contribution >= 0.6 is 0 Å². The first-order valence-corrected chi connectivity index (χ1v) is 4.30. The molecule has 0 radical (unpaired) electrons. The molecule has 0 aliphatic carbocycles. The first-order valence-electron chi connectivity index (χ1n) is 4.30. The van der Waals surface area contributed by atoms with Crippen LogP contribution in [0.4, 0.5) is 0 Å². The second-order valence-corrected chi connectivity index (χ2v) is 4.03. The molecule has 0 aromatic rings. The maximum atomic E-state index is 11.2. The third kappa shape index (κ3) is 3.74. The van der Waals surface area contributed by atoms with Gasteiger partial charge in [0.25, 0.3) is 0 Å². The van der Waals surface area contributed by atoms with Crippen molar-refractivity contribution in [3.05, 3.63) is 0 Å². The molecular formula is C9H18O4. The van der Waals surface area contributed by atoms with E-state index in [2.05, 4.69) is 0 Å². The summed E-state index contributed by atoms with van der Waals surface area (Å²) in [7, 11) is 0. The second-order valence-electron chi connectivity index (χ2n) is 4.03. The highest BCUT2D eigenvalue weighted by molar-refractivity contribution is 5.75. The van der Waals surface area contributed by atoms with Gasteiger partial charge < -0.3 is 14.9 Å². The van der Waals surface area contributed by atoms with E-state index in [1.165, 1.54) is 0 Å². The normalized spacial score (nSPS) is 14.4. The molecule has 0 spiro atoms. The summed E-state index contributed by atoms with van der Waals surface area (Å²) in [6, 6.07) is 0. The topological polar surface area (TPSA) is 66.8 Å². The minimum atomic E-state index is -1.28. The number of rotatable bonds is 4. The molecule has 2 N–H and O–H groups in total. The minimum Gasteiger partial charge on any atom is -0.461 e. The van der Waals surface area contributed by atoms with E-state index < -0.39 is 17.5 Å². The molecule has 4 nitrogen and oxygen atoms in total. The van der Waals surface area contributed by atoms with Gasteiger partial charge in [-0.2, -0.15) is 0 Å². The van der Waals surface area contributed by atoms with Crippen LogP contribution in [0.2, 0.25) is 0 Å². The number of hydrogen-bond acceptors (Lipinski definition) is 4. The van der Waals surface area contributed by atoms with Crippen molar-refractivity contribution >= 4 is 5.97 Å². The first kappa shape index (κ1) is 12.4. The van der Waals surface area contributed by atoms with E-state index >= 15 is 0 Å². The van der Waals surface area contributed by atoms with Crippen LogP contribution in [0.15, 0.2) is 0 Å². The number of carbonyl (C=O) groups excluding carboxylic acids is 1. The van der Waals surface area contributed by atoms with Gasteiger partial charge in [0.2, 0.25) is 0 Å². The van der Waals surface area contributed by atoms with E-state index in [9.17, 15) is 9.90 Å². The van der Waals surface area contributed by atoms with Crippen LogP contribution in [0.5, 0.6) is 0 Å². The first-order chi connectivity index (χ1) is 5.81. The van der Waals surface area contributed by atoms with Crippen LogP contribution in [-0.4, -0.2) is 35.0 Å². The number of ether oxygens (including phenoxy) is 1. The molecule has 4 heteroatoms. The van der Waals surface area contributed by atoms with Gasteiger partial charge in [0.15, 0.2) is 6.10 Å². The smallest absolute Gasteiger partial charge is 0.335 e. The van der Waals surface area contributed by atoms with Gasteiger partial charge in [-0.05, 0) is 13.8 Å². The van der Waals surface area contributed by atoms with Crippen LogP contribution in [0.25, 0.3) is 0 Å². The summed E-state index contributed by atoms with van der Waals surface area (Å²) >= 11 is 0. The zero-order chi connectivity index (χ0) is 10.6. The Morgan fingerprint density at radius 2 is 1.92 bits per heavy atom. The van der Waals surface area contributed by atoms with Crippen molar-refractivity contribution in [3.63, 3.8) is 0 Å². The second kappa shape index (κ2) is 4.58. The van der Waals surface area contributed by atoms with Gasteiger partial charge in [0.05, 0.1) is 12.7 Å². The molecule has 0 heterocycles. The molecule has 78 valence electrons. The van der Waals surface area contributed by atoms with Crippen molar-refractivity contribution in [2.45, 2.75) is 39.9 Å². The average Bonchev–Trinajstić information content (AvgIpc) is 2.01. The van der Waals surface area contributed by atoms with Crippen LogP contribution in [-0.2, 0) is 9.53 Å². The summed E-state index contributed by atoms with van der Waals surface area (Å²) in [6.45, 7) is 6.34. The molecular weight excluding hydrogens is 172 g/mol. The standard InChI is InChI=1S/C9H18O4/c1-6(2)13-8(12)7(11)9(3,4)5-10/h6-7,10-11H,5H2,1-4H3/t7-/m0/s1. The Morgan fingerprint density at radius 3 is 2.23 bits per heavy atom. The van der Waals surface area contributed by atoms with Crippen LogP contribution in [0.1, 0.15) is 27.7 Å². The summed E-state index contributed by atoms with van der Waals surface area (Å²) in [5.74, 6) is -0.686. The van der Waals surface area contributed by atoms with Gasteiger partial charge >= 0.3 is 5.97 Å². The summed E-state index contributed by atoms with van der Waals surface area (Å²) in [5, 5.41) is 18.3. The number of aliphatic hydroxyl groups excluding tert-OH is 2. The number of carbonyl (C=O) groups is 1. The molecule has 0 aromatic carbocycles. The highest BCUT2D eigenvalue weighted by Crippen LogP contribution is 2.20. The highest BCUT2D eigenvalue weighted by atomic mass is 16.6. The third-order valence-corrected chi connectivity index (χ3v) is 1.72. The van der Waals surface area contributed by atoms with Crippen molar-refractivity contribution in [1.29, 1.82) is 0 Å². The number of aliphatic hydroxyl groups is 2. The van der Waals surface area contributed by atoms with E-state index in [1.54, 1.807) is 27.7 Å². The Bertz CT molecular complexity index is 174. The van der Waals surface area contributed by atoms with Gasteiger partial charge in [-0.25, -0.2) is 4.79 Å². The fourth-order valence-corrected chi connectivity index (χ4v) is 0.702. The number of esters is 1. The van der Waals surface area contributed by atoms with Gasteiger partial charge in [0.1, 0.15) is 0 Å². The molecule has 0 unspecified atom stereocenters. The predicted octanol–water partition coefficient (Wildman–Crippen LogP) is 0.317. The summed E-state index contributed by atoms with van der Waals surface area (Å²) < 4.78 is 4.80.